The number of nitrogens with zero attached hydrogens (tertiary/aromatic N) is 4. The minimum atomic E-state index is 0.688. The van der Waals surface area contributed by atoms with Crippen LogP contribution in [0.2, 0.25) is 0 Å². The molecule has 0 aliphatic heterocycles. The van der Waals surface area contributed by atoms with Crippen LogP contribution in [0.15, 0.2) is 22.4 Å². The summed E-state index contributed by atoms with van der Waals surface area (Å²) in [5.41, 5.74) is 4.59. The zero-order valence-electron chi connectivity index (χ0n) is 11.6. The second-order valence-corrected chi connectivity index (χ2v) is 6.26. The summed E-state index contributed by atoms with van der Waals surface area (Å²) in [5.74, 6) is 0. The third-order valence-corrected chi connectivity index (χ3v) is 4.74. The molecule has 0 fully saturated rings. The molecule has 0 amide bonds. The highest BCUT2D eigenvalue weighted by Crippen LogP contribution is 2.31. The fraction of sp³-hybridized carbons (Fsp3) is 0.429. The van der Waals surface area contributed by atoms with Crippen LogP contribution in [0.3, 0.4) is 0 Å². The quantitative estimate of drug-likeness (QED) is 0.811. The number of aryl methyl sites for hydroxylation is 1. The van der Waals surface area contributed by atoms with E-state index in [0.29, 0.717) is 5.16 Å². The Morgan fingerprint density at radius 2 is 1.85 bits per heavy atom. The van der Waals surface area contributed by atoms with Crippen LogP contribution in [0.25, 0.3) is 11.4 Å². The predicted octanol–water partition coefficient (Wildman–Crippen LogP) is 3.26. The van der Waals surface area contributed by atoms with Gasteiger partial charge in [0.25, 0.3) is 0 Å². The molecule has 2 aromatic heterocycles. The lowest BCUT2D eigenvalue weighted by Gasteiger charge is -2.19. The molecule has 0 spiro atoms. The predicted molar refractivity (Wildman–Crippen MR) is 83.3 cm³/mol. The molecule has 0 bridgehead atoms. The van der Waals surface area contributed by atoms with E-state index in [1.165, 1.54) is 35.7 Å². The third-order valence-electron chi connectivity index (χ3n) is 3.48. The van der Waals surface area contributed by atoms with Gasteiger partial charge in [-0.2, -0.15) is 5.10 Å². The van der Waals surface area contributed by atoms with Gasteiger partial charge >= 0.3 is 0 Å². The van der Waals surface area contributed by atoms with Gasteiger partial charge in [0.15, 0.2) is 0 Å². The maximum atomic E-state index is 4.77. The summed E-state index contributed by atoms with van der Waals surface area (Å²) < 4.78 is 0. The first kappa shape index (κ1) is 13.8. The van der Waals surface area contributed by atoms with Crippen molar-refractivity contribution in [3.63, 3.8) is 0 Å². The van der Waals surface area contributed by atoms with Gasteiger partial charge in [-0.1, -0.05) is 11.8 Å². The summed E-state index contributed by atoms with van der Waals surface area (Å²) in [6.45, 7) is 0. The number of hydrogen-bond donors (Lipinski definition) is 0. The lowest BCUT2D eigenvalue weighted by atomic mass is 9.92. The number of fused-ring (bicyclic) bond motifs is 1. The standard InChI is InChI=1S/C14H16N4S2/c1-19-13-10-6-4-3-5-9(10)7-11(16-13)12-8-15-18-14(17-12)20-2/h7-8H,3-6H2,1-2H3. The van der Waals surface area contributed by atoms with Crippen LogP contribution in [0, 0.1) is 0 Å². The van der Waals surface area contributed by atoms with E-state index in [1.54, 1.807) is 18.0 Å². The molecular formula is C14H16N4S2. The molecular weight excluding hydrogens is 288 g/mol. The molecule has 0 N–H and O–H groups in total. The molecule has 104 valence electrons. The summed E-state index contributed by atoms with van der Waals surface area (Å²) in [5, 5.41) is 9.83. The van der Waals surface area contributed by atoms with E-state index in [9.17, 15) is 0 Å². The van der Waals surface area contributed by atoms with Gasteiger partial charge in [-0.25, -0.2) is 9.97 Å². The van der Waals surface area contributed by atoms with Crippen LogP contribution in [-0.4, -0.2) is 32.7 Å². The molecule has 0 saturated heterocycles. The number of aromatic nitrogens is 4. The topological polar surface area (TPSA) is 51.6 Å². The Labute approximate surface area is 127 Å². The molecule has 0 atom stereocenters. The highest BCUT2D eigenvalue weighted by Gasteiger charge is 2.17. The van der Waals surface area contributed by atoms with Crippen molar-refractivity contribution in [3.8, 4) is 11.4 Å². The first-order valence-electron chi connectivity index (χ1n) is 6.62. The van der Waals surface area contributed by atoms with Crippen LogP contribution in [-0.2, 0) is 12.8 Å². The number of hydrogen-bond acceptors (Lipinski definition) is 6. The number of pyridine rings is 1. The largest absolute Gasteiger partial charge is 0.239 e. The first-order chi connectivity index (χ1) is 9.81. The number of thioether (sulfide) groups is 2. The number of rotatable bonds is 3. The van der Waals surface area contributed by atoms with Crippen LogP contribution < -0.4 is 0 Å². The van der Waals surface area contributed by atoms with Gasteiger partial charge in [0.2, 0.25) is 5.16 Å². The second kappa shape index (κ2) is 6.10. The Morgan fingerprint density at radius 3 is 2.65 bits per heavy atom. The van der Waals surface area contributed by atoms with Crippen LogP contribution >= 0.6 is 23.5 Å². The summed E-state index contributed by atoms with van der Waals surface area (Å²) in [6.07, 6.45) is 10.6. The van der Waals surface area contributed by atoms with E-state index in [1.807, 2.05) is 6.26 Å². The Balaban J connectivity index is 2.09. The van der Waals surface area contributed by atoms with Crippen molar-refractivity contribution in [1.29, 1.82) is 0 Å². The lowest BCUT2D eigenvalue weighted by molar-refractivity contribution is 0.668. The summed E-state index contributed by atoms with van der Waals surface area (Å²) in [4.78, 5) is 9.28. The van der Waals surface area contributed by atoms with E-state index in [0.717, 1.165) is 29.3 Å². The zero-order valence-corrected chi connectivity index (χ0v) is 13.2. The van der Waals surface area contributed by atoms with Gasteiger partial charge in [0, 0.05) is 0 Å². The SMILES string of the molecule is CSc1nncc(-c2cc3c(c(SC)n2)CCCC3)n1. The summed E-state index contributed by atoms with van der Waals surface area (Å²) >= 11 is 3.22. The van der Waals surface area contributed by atoms with Crippen molar-refractivity contribution >= 4 is 23.5 Å². The smallest absolute Gasteiger partial charge is 0.209 e. The fourth-order valence-corrected chi connectivity index (χ4v) is 3.49. The molecule has 1 aliphatic rings. The van der Waals surface area contributed by atoms with Gasteiger partial charge in [0.05, 0.1) is 16.9 Å². The van der Waals surface area contributed by atoms with Gasteiger partial charge in [-0.3, -0.25) is 0 Å². The van der Waals surface area contributed by atoms with Crippen molar-refractivity contribution in [1.82, 2.24) is 20.2 Å². The summed E-state index contributed by atoms with van der Waals surface area (Å²) in [7, 11) is 0. The highest BCUT2D eigenvalue weighted by atomic mass is 32.2. The highest BCUT2D eigenvalue weighted by molar-refractivity contribution is 7.98. The molecule has 0 radical (unpaired) electrons. The van der Waals surface area contributed by atoms with E-state index in [4.69, 9.17) is 4.98 Å². The van der Waals surface area contributed by atoms with E-state index >= 15 is 0 Å². The molecule has 4 nitrogen and oxygen atoms in total. The molecule has 0 unspecified atom stereocenters. The van der Waals surface area contributed by atoms with E-state index in [2.05, 4.69) is 27.5 Å². The van der Waals surface area contributed by atoms with Crippen LogP contribution in [0.1, 0.15) is 24.0 Å². The molecule has 1 aliphatic carbocycles. The molecule has 3 rings (SSSR count). The van der Waals surface area contributed by atoms with E-state index < -0.39 is 0 Å². The Bertz CT molecular complexity index is 613. The van der Waals surface area contributed by atoms with Gasteiger partial charge in [-0.15, -0.1) is 16.9 Å². The molecule has 0 saturated carbocycles. The Morgan fingerprint density at radius 1 is 1.00 bits per heavy atom. The fourth-order valence-electron chi connectivity index (χ4n) is 2.50. The van der Waals surface area contributed by atoms with Crippen molar-refractivity contribution in [2.24, 2.45) is 0 Å². The second-order valence-electron chi connectivity index (χ2n) is 4.69. The third kappa shape index (κ3) is 2.67. The molecule has 6 heteroatoms. The Hall–Kier alpha value is -1.14. The van der Waals surface area contributed by atoms with Gasteiger partial charge < -0.3 is 0 Å². The van der Waals surface area contributed by atoms with Crippen LogP contribution in [0.4, 0.5) is 0 Å². The first-order valence-corrected chi connectivity index (χ1v) is 9.07. The molecule has 2 heterocycles. The minimum Gasteiger partial charge on any atom is -0.239 e. The van der Waals surface area contributed by atoms with Gasteiger partial charge in [0.1, 0.15) is 5.69 Å². The van der Waals surface area contributed by atoms with Crippen molar-refractivity contribution < 1.29 is 0 Å². The maximum Gasteiger partial charge on any atom is 0.209 e. The van der Waals surface area contributed by atoms with Crippen LogP contribution in [0.5, 0.6) is 0 Å². The Kier molecular flexibility index (Phi) is 4.21. The van der Waals surface area contributed by atoms with Crippen molar-refractivity contribution in [2.75, 3.05) is 12.5 Å². The summed E-state index contributed by atoms with van der Waals surface area (Å²) in [6, 6.07) is 2.18. The average Bonchev–Trinajstić information content (AvgIpc) is 2.53. The van der Waals surface area contributed by atoms with Gasteiger partial charge in [-0.05, 0) is 55.4 Å². The zero-order chi connectivity index (χ0) is 13.9. The molecule has 0 aromatic carbocycles. The monoisotopic (exact) mass is 304 g/mol. The maximum absolute atomic E-state index is 4.77. The molecule has 2 aromatic rings. The minimum absolute atomic E-state index is 0.688. The lowest BCUT2D eigenvalue weighted by Crippen LogP contribution is -2.07. The molecule has 20 heavy (non-hydrogen) atoms. The normalized spacial score (nSPS) is 14.1. The van der Waals surface area contributed by atoms with Crippen molar-refractivity contribution in [2.45, 2.75) is 35.9 Å². The van der Waals surface area contributed by atoms with E-state index in [-0.39, 0.29) is 0 Å². The average molecular weight is 304 g/mol. The van der Waals surface area contributed by atoms with Crippen molar-refractivity contribution in [3.05, 3.63) is 23.4 Å².